The second-order valence-electron chi connectivity index (χ2n) is 11.0. The maximum Gasteiger partial charge on any atom is 0.226 e. The first-order valence-corrected chi connectivity index (χ1v) is 15.3. The summed E-state index contributed by atoms with van der Waals surface area (Å²) in [4.78, 5) is 14.0. The van der Waals surface area contributed by atoms with Crippen LogP contribution in [0, 0.1) is 0 Å². The Morgan fingerprint density at radius 2 is 0.867 bits per heavy atom. The molecule has 45 heavy (non-hydrogen) atoms. The summed E-state index contributed by atoms with van der Waals surface area (Å²) in [6, 6.07) is 55.0. The molecule has 0 radical (unpaired) electrons. The first-order valence-electron chi connectivity index (χ1n) is 14.9. The van der Waals surface area contributed by atoms with E-state index in [1.807, 2.05) is 18.2 Å². The summed E-state index contributed by atoms with van der Waals surface area (Å²) >= 11 is 6.52. The van der Waals surface area contributed by atoms with Gasteiger partial charge in [-0.05, 0) is 84.7 Å². The van der Waals surface area contributed by atoms with Crippen LogP contribution in [0.25, 0.3) is 77.7 Å². The lowest BCUT2D eigenvalue weighted by atomic mass is 9.94. The summed E-state index contributed by atoms with van der Waals surface area (Å²) in [5.41, 5.74) is 8.69. The molecule has 8 rings (SSSR count). The molecule has 0 bridgehead atoms. The molecule has 0 spiro atoms. The third-order valence-electron chi connectivity index (χ3n) is 8.25. The summed E-state index contributed by atoms with van der Waals surface area (Å²) in [7, 11) is 0. The van der Waals surface area contributed by atoms with Crippen molar-refractivity contribution in [3.63, 3.8) is 0 Å². The topological polar surface area (TPSA) is 38.7 Å². The van der Waals surface area contributed by atoms with Crippen molar-refractivity contribution in [2.75, 3.05) is 0 Å². The van der Waals surface area contributed by atoms with E-state index in [1.165, 1.54) is 38.4 Å². The van der Waals surface area contributed by atoms with Crippen molar-refractivity contribution in [1.29, 1.82) is 0 Å². The molecule has 0 unspecified atom stereocenters. The lowest BCUT2D eigenvalue weighted by Crippen LogP contribution is -1.97. The smallest absolute Gasteiger partial charge is 0.208 e. The van der Waals surface area contributed by atoms with Gasteiger partial charge in [0.05, 0.1) is 0 Å². The van der Waals surface area contributed by atoms with Crippen molar-refractivity contribution in [3.8, 4) is 56.2 Å². The van der Waals surface area contributed by atoms with E-state index in [0.717, 1.165) is 27.6 Å². The molecule has 0 N–H and O–H groups in total. The van der Waals surface area contributed by atoms with Gasteiger partial charge in [-0.15, -0.1) is 0 Å². The van der Waals surface area contributed by atoms with Gasteiger partial charge in [0, 0.05) is 11.1 Å². The average molecular weight is 596 g/mol. The zero-order valence-corrected chi connectivity index (χ0v) is 25.0. The molecular formula is C41H26ClN3. The van der Waals surface area contributed by atoms with Crippen LogP contribution in [0.5, 0.6) is 0 Å². The van der Waals surface area contributed by atoms with Crippen molar-refractivity contribution in [3.05, 3.63) is 163 Å². The van der Waals surface area contributed by atoms with E-state index in [0.29, 0.717) is 11.6 Å². The standard InChI is InChI=1S/C41H26ClN3/c42-41-44-39(33-16-8-14-30(25-33)36-18-7-6-17-35(36)28-11-2-1-3-12-28)43-40(45-41)34-22-23-38-31(26-34)15-9-19-37(38)32-21-20-27-10-4-5-13-29(27)24-32/h1-26H. The molecule has 0 aliphatic rings. The normalized spacial score (nSPS) is 11.2. The Bertz CT molecular complexity index is 2350. The van der Waals surface area contributed by atoms with Gasteiger partial charge in [0.15, 0.2) is 11.6 Å². The summed E-state index contributed by atoms with van der Waals surface area (Å²) in [5.74, 6) is 1.08. The van der Waals surface area contributed by atoms with E-state index in [9.17, 15) is 0 Å². The fraction of sp³-hybridized carbons (Fsp3) is 0. The molecule has 7 aromatic carbocycles. The molecule has 0 saturated carbocycles. The van der Waals surface area contributed by atoms with E-state index in [4.69, 9.17) is 16.6 Å². The van der Waals surface area contributed by atoms with Crippen LogP contribution < -0.4 is 0 Å². The van der Waals surface area contributed by atoms with Crippen molar-refractivity contribution >= 4 is 33.1 Å². The van der Waals surface area contributed by atoms with Gasteiger partial charge in [-0.3, -0.25) is 0 Å². The van der Waals surface area contributed by atoms with Gasteiger partial charge in [-0.1, -0.05) is 140 Å². The SMILES string of the molecule is Clc1nc(-c2cccc(-c3ccccc3-c3ccccc3)c2)nc(-c2ccc3c(-c4ccc5ccccc5c4)cccc3c2)n1. The molecule has 0 saturated heterocycles. The van der Waals surface area contributed by atoms with Crippen molar-refractivity contribution in [2.45, 2.75) is 0 Å². The molecule has 0 aliphatic carbocycles. The van der Waals surface area contributed by atoms with Gasteiger partial charge in [0.2, 0.25) is 5.28 Å². The highest BCUT2D eigenvalue weighted by Crippen LogP contribution is 2.35. The number of nitrogens with zero attached hydrogens (tertiary/aromatic N) is 3. The van der Waals surface area contributed by atoms with E-state index in [2.05, 4.69) is 149 Å². The molecule has 0 aliphatic heterocycles. The second kappa shape index (κ2) is 11.5. The van der Waals surface area contributed by atoms with Gasteiger partial charge in [-0.25, -0.2) is 4.98 Å². The number of fused-ring (bicyclic) bond motifs is 2. The number of halogens is 1. The highest BCUT2D eigenvalue weighted by atomic mass is 35.5. The molecule has 1 heterocycles. The fourth-order valence-corrected chi connectivity index (χ4v) is 6.23. The zero-order valence-electron chi connectivity index (χ0n) is 24.2. The number of hydrogen-bond donors (Lipinski definition) is 0. The maximum absolute atomic E-state index is 6.52. The monoisotopic (exact) mass is 595 g/mol. The van der Waals surface area contributed by atoms with Gasteiger partial charge in [0.1, 0.15) is 0 Å². The maximum atomic E-state index is 6.52. The molecule has 3 nitrogen and oxygen atoms in total. The Morgan fingerprint density at radius 3 is 1.69 bits per heavy atom. The molecule has 8 aromatic rings. The minimum absolute atomic E-state index is 0.162. The van der Waals surface area contributed by atoms with E-state index in [-0.39, 0.29) is 5.28 Å². The molecule has 0 atom stereocenters. The Kier molecular flexibility index (Phi) is 6.86. The molecule has 212 valence electrons. The van der Waals surface area contributed by atoms with Crippen molar-refractivity contribution < 1.29 is 0 Å². The molecular weight excluding hydrogens is 570 g/mol. The van der Waals surface area contributed by atoms with Crippen LogP contribution in [-0.2, 0) is 0 Å². The zero-order chi connectivity index (χ0) is 30.2. The number of aromatic nitrogens is 3. The lowest BCUT2D eigenvalue weighted by Gasteiger charge is -2.12. The quantitative estimate of drug-likeness (QED) is 0.199. The second-order valence-corrected chi connectivity index (χ2v) is 11.4. The number of hydrogen-bond acceptors (Lipinski definition) is 3. The molecule has 4 heteroatoms. The van der Waals surface area contributed by atoms with Crippen molar-refractivity contribution in [1.82, 2.24) is 15.0 Å². The fourth-order valence-electron chi connectivity index (χ4n) is 6.07. The predicted molar refractivity (Wildman–Crippen MR) is 187 cm³/mol. The minimum Gasteiger partial charge on any atom is -0.208 e. The van der Waals surface area contributed by atoms with Crippen LogP contribution in [0.2, 0.25) is 5.28 Å². The Balaban J connectivity index is 1.17. The van der Waals surface area contributed by atoms with Crippen LogP contribution in [0.15, 0.2) is 158 Å². The summed E-state index contributed by atoms with van der Waals surface area (Å²) in [5, 5.41) is 4.90. The van der Waals surface area contributed by atoms with E-state index < -0.39 is 0 Å². The lowest BCUT2D eigenvalue weighted by molar-refractivity contribution is 1.07. The third-order valence-corrected chi connectivity index (χ3v) is 8.42. The Morgan fingerprint density at radius 1 is 0.333 bits per heavy atom. The van der Waals surface area contributed by atoms with Gasteiger partial charge < -0.3 is 0 Å². The first kappa shape index (κ1) is 26.9. The highest BCUT2D eigenvalue weighted by molar-refractivity contribution is 6.28. The number of benzene rings is 7. The average Bonchev–Trinajstić information content (AvgIpc) is 3.11. The van der Waals surface area contributed by atoms with Crippen molar-refractivity contribution in [2.24, 2.45) is 0 Å². The first-order chi connectivity index (χ1) is 22.2. The molecule has 0 amide bonds. The highest BCUT2D eigenvalue weighted by Gasteiger charge is 2.14. The summed E-state index contributed by atoms with van der Waals surface area (Å²) in [6.07, 6.45) is 0. The molecule has 0 fully saturated rings. The van der Waals surface area contributed by atoms with Crippen LogP contribution in [-0.4, -0.2) is 15.0 Å². The van der Waals surface area contributed by atoms with Gasteiger partial charge in [-0.2, -0.15) is 9.97 Å². The van der Waals surface area contributed by atoms with Crippen LogP contribution >= 0.6 is 11.6 Å². The summed E-state index contributed by atoms with van der Waals surface area (Å²) < 4.78 is 0. The predicted octanol–water partition coefficient (Wildman–Crippen LogP) is 11.2. The minimum atomic E-state index is 0.162. The van der Waals surface area contributed by atoms with Crippen LogP contribution in [0.1, 0.15) is 0 Å². The van der Waals surface area contributed by atoms with Gasteiger partial charge in [0.25, 0.3) is 0 Å². The summed E-state index contributed by atoms with van der Waals surface area (Å²) in [6.45, 7) is 0. The van der Waals surface area contributed by atoms with Gasteiger partial charge >= 0.3 is 0 Å². The number of rotatable bonds is 5. The third kappa shape index (κ3) is 5.24. The Hall–Kier alpha value is -5.64. The molecule has 1 aromatic heterocycles. The van der Waals surface area contributed by atoms with E-state index >= 15 is 0 Å². The Labute approximate surface area is 266 Å². The van der Waals surface area contributed by atoms with E-state index in [1.54, 1.807) is 0 Å². The van der Waals surface area contributed by atoms with Crippen LogP contribution in [0.3, 0.4) is 0 Å². The largest absolute Gasteiger partial charge is 0.226 e. The van der Waals surface area contributed by atoms with Crippen LogP contribution in [0.4, 0.5) is 0 Å².